The third-order valence-corrected chi connectivity index (χ3v) is 4.50. The molecule has 0 aliphatic carbocycles. The van der Waals surface area contributed by atoms with Gasteiger partial charge in [0.25, 0.3) is 0 Å². The van der Waals surface area contributed by atoms with Crippen molar-refractivity contribution in [1.29, 1.82) is 0 Å². The minimum absolute atomic E-state index is 0.0158. The first-order valence-electron chi connectivity index (χ1n) is 8.54. The fourth-order valence-corrected chi connectivity index (χ4v) is 3.12. The van der Waals surface area contributed by atoms with Gasteiger partial charge in [-0.3, -0.25) is 9.78 Å². The standard InChI is InChI=1S/C19H20F3N3O/c1-2-18(26)24-11-13-10-16-17(4-3-9-23-16)25(12-13)15-7-5-14(6-8-15)19(20,21)22/h3-9,13H,2,10-12H2,1H3,(H,24,26)/t13-/m0/s1. The van der Waals surface area contributed by atoms with E-state index in [1.54, 1.807) is 13.1 Å². The SMILES string of the molecule is CCC(=O)NC[C@@H]1Cc2ncccc2N(c2ccc(C(F)(F)F)cc2)C1. The molecule has 2 heterocycles. The van der Waals surface area contributed by atoms with Gasteiger partial charge >= 0.3 is 6.18 Å². The lowest BCUT2D eigenvalue weighted by molar-refractivity contribution is -0.137. The first kappa shape index (κ1) is 18.2. The number of nitrogens with one attached hydrogen (secondary N) is 1. The molecule has 0 spiro atoms. The van der Waals surface area contributed by atoms with E-state index >= 15 is 0 Å². The van der Waals surface area contributed by atoms with Crippen LogP contribution >= 0.6 is 0 Å². The summed E-state index contributed by atoms with van der Waals surface area (Å²) in [7, 11) is 0. The van der Waals surface area contributed by atoms with Crippen molar-refractivity contribution < 1.29 is 18.0 Å². The Bertz CT molecular complexity index is 774. The third-order valence-electron chi connectivity index (χ3n) is 4.50. The summed E-state index contributed by atoms with van der Waals surface area (Å²) in [5.41, 5.74) is 1.79. The molecule has 2 aromatic rings. The first-order valence-corrected chi connectivity index (χ1v) is 8.54. The first-order chi connectivity index (χ1) is 12.4. The Hall–Kier alpha value is -2.57. The van der Waals surface area contributed by atoms with Crippen molar-refractivity contribution >= 4 is 17.3 Å². The van der Waals surface area contributed by atoms with Crippen molar-refractivity contribution in [2.45, 2.75) is 25.9 Å². The molecule has 1 aliphatic rings. The van der Waals surface area contributed by atoms with E-state index in [0.29, 0.717) is 25.2 Å². The Balaban J connectivity index is 1.85. The van der Waals surface area contributed by atoms with Crippen LogP contribution < -0.4 is 10.2 Å². The predicted molar refractivity (Wildman–Crippen MR) is 93.2 cm³/mol. The molecule has 0 radical (unpaired) electrons. The highest BCUT2D eigenvalue weighted by molar-refractivity contribution is 5.75. The lowest BCUT2D eigenvalue weighted by Crippen LogP contribution is -2.39. The van der Waals surface area contributed by atoms with E-state index in [2.05, 4.69) is 10.3 Å². The summed E-state index contributed by atoms with van der Waals surface area (Å²) >= 11 is 0. The molecule has 1 amide bonds. The Labute approximate surface area is 150 Å². The van der Waals surface area contributed by atoms with E-state index in [0.717, 1.165) is 29.9 Å². The number of hydrogen-bond acceptors (Lipinski definition) is 3. The fraction of sp³-hybridized carbons (Fsp3) is 0.368. The molecule has 1 aliphatic heterocycles. The molecule has 0 saturated heterocycles. The number of halogens is 3. The van der Waals surface area contributed by atoms with Crippen LogP contribution in [-0.4, -0.2) is 24.0 Å². The Morgan fingerprint density at radius 2 is 2.00 bits per heavy atom. The maximum atomic E-state index is 12.8. The van der Waals surface area contributed by atoms with Crippen molar-refractivity contribution in [3.8, 4) is 0 Å². The molecule has 26 heavy (non-hydrogen) atoms. The number of amides is 1. The number of hydrogen-bond donors (Lipinski definition) is 1. The largest absolute Gasteiger partial charge is 0.416 e. The highest BCUT2D eigenvalue weighted by Gasteiger charge is 2.31. The van der Waals surface area contributed by atoms with Crippen molar-refractivity contribution in [3.63, 3.8) is 0 Å². The quantitative estimate of drug-likeness (QED) is 0.895. The number of anilines is 2. The second kappa shape index (κ2) is 7.35. The van der Waals surface area contributed by atoms with Gasteiger partial charge in [0.15, 0.2) is 0 Å². The highest BCUT2D eigenvalue weighted by Crippen LogP contribution is 2.36. The number of pyridine rings is 1. The number of rotatable bonds is 4. The Kier molecular flexibility index (Phi) is 5.15. The van der Waals surface area contributed by atoms with E-state index < -0.39 is 11.7 Å². The van der Waals surface area contributed by atoms with E-state index in [-0.39, 0.29) is 11.8 Å². The van der Waals surface area contributed by atoms with E-state index in [4.69, 9.17) is 0 Å². The molecule has 1 aromatic heterocycles. The summed E-state index contributed by atoms with van der Waals surface area (Å²) in [6, 6.07) is 8.87. The van der Waals surface area contributed by atoms with Crippen LogP contribution in [0, 0.1) is 5.92 Å². The van der Waals surface area contributed by atoms with Gasteiger partial charge < -0.3 is 10.2 Å². The van der Waals surface area contributed by atoms with Crippen LogP contribution in [0.15, 0.2) is 42.6 Å². The van der Waals surface area contributed by atoms with Gasteiger partial charge in [-0.1, -0.05) is 6.92 Å². The van der Waals surface area contributed by atoms with Crippen LogP contribution in [0.3, 0.4) is 0 Å². The van der Waals surface area contributed by atoms with E-state index in [1.165, 1.54) is 12.1 Å². The van der Waals surface area contributed by atoms with Crippen molar-refractivity contribution in [1.82, 2.24) is 10.3 Å². The number of alkyl halides is 3. The molecule has 0 unspecified atom stereocenters. The van der Waals surface area contributed by atoms with Crippen LogP contribution in [0.25, 0.3) is 0 Å². The van der Waals surface area contributed by atoms with Gasteiger partial charge in [0.05, 0.1) is 16.9 Å². The molecule has 1 aromatic carbocycles. The second-order valence-electron chi connectivity index (χ2n) is 6.35. The number of aromatic nitrogens is 1. The maximum absolute atomic E-state index is 12.8. The number of nitrogens with zero attached hydrogens (tertiary/aromatic N) is 2. The van der Waals surface area contributed by atoms with Crippen LogP contribution in [-0.2, 0) is 17.4 Å². The molecule has 4 nitrogen and oxygen atoms in total. The molecule has 0 saturated carbocycles. The average molecular weight is 363 g/mol. The van der Waals surface area contributed by atoms with Gasteiger partial charge in [0, 0.05) is 31.4 Å². The number of benzene rings is 1. The number of carbonyl (C=O) groups excluding carboxylic acids is 1. The molecule has 0 fully saturated rings. The van der Waals surface area contributed by atoms with Gasteiger partial charge in [-0.25, -0.2) is 0 Å². The summed E-state index contributed by atoms with van der Waals surface area (Å²) < 4.78 is 38.4. The summed E-state index contributed by atoms with van der Waals surface area (Å²) in [6.07, 6.45) is -1.51. The molecular weight excluding hydrogens is 343 g/mol. The van der Waals surface area contributed by atoms with E-state index in [1.807, 2.05) is 17.0 Å². The van der Waals surface area contributed by atoms with Crippen LogP contribution in [0.4, 0.5) is 24.5 Å². The lowest BCUT2D eigenvalue weighted by Gasteiger charge is -2.35. The molecule has 0 bridgehead atoms. The monoisotopic (exact) mass is 363 g/mol. The zero-order chi connectivity index (χ0) is 18.7. The lowest BCUT2D eigenvalue weighted by atomic mass is 9.95. The minimum Gasteiger partial charge on any atom is -0.356 e. The van der Waals surface area contributed by atoms with Crippen molar-refractivity contribution in [2.75, 3.05) is 18.0 Å². The van der Waals surface area contributed by atoms with Crippen LogP contribution in [0.1, 0.15) is 24.6 Å². The normalized spacial score (nSPS) is 16.9. The molecule has 1 atom stereocenters. The molecule has 7 heteroatoms. The van der Waals surface area contributed by atoms with Gasteiger partial charge in [0.2, 0.25) is 5.91 Å². The average Bonchev–Trinajstić information content (AvgIpc) is 2.64. The zero-order valence-electron chi connectivity index (χ0n) is 14.4. The van der Waals surface area contributed by atoms with Crippen molar-refractivity contribution in [3.05, 3.63) is 53.9 Å². The van der Waals surface area contributed by atoms with Gasteiger partial charge in [-0.2, -0.15) is 13.2 Å². The van der Waals surface area contributed by atoms with Crippen LogP contribution in [0.2, 0.25) is 0 Å². The van der Waals surface area contributed by atoms with Gasteiger partial charge in [-0.05, 0) is 48.7 Å². The van der Waals surface area contributed by atoms with Gasteiger partial charge in [-0.15, -0.1) is 0 Å². The van der Waals surface area contributed by atoms with E-state index in [9.17, 15) is 18.0 Å². The maximum Gasteiger partial charge on any atom is 0.416 e. The van der Waals surface area contributed by atoms with Crippen LogP contribution in [0.5, 0.6) is 0 Å². The highest BCUT2D eigenvalue weighted by atomic mass is 19.4. The smallest absolute Gasteiger partial charge is 0.356 e. The zero-order valence-corrected chi connectivity index (χ0v) is 14.4. The number of fused-ring (bicyclic) bond motifs is 1. The number of carbonyl (C=O) groups is 1. The minimum atomic E-state index is -4.35. The fourth-order valence-electron chi connectivity index (χ4n) is 3.12. The topological polar surface area (TPSA) is 45.2 Å². The summed E-state index contributed by atoms with van der Waals surface area (Å²) in [5.74, 6) is 0.119. The Morgan fingerprint density at radius 3 is 2.65 bits per heavy atom. The summed E-state index contributed by atoms with van der Waals surface area (Å²) in [4.78, 5) is 17.9. The van der Waals surface area contributed by atoms with Gasteiger partial charge in [0.1, 0.15) is 0 Å². The summed E-state index contributed by atoms with van der Waals surface area (Å²) in [5, 5.41) is 2.89. The summed E-state index contributed by atoms with van der Waals surface area (Å²) in [6.45, 7) is 2.91. The third kappa shape index (κ3) is 3.98. The molecule has 1 N–H and O–H groups in total. The molecule has 3 rings (SSSR count). The van der Waals surface area contributed by atoms with Crippen molar-refractivity contribution in [2.24, 2.45) is 5.92 Å². The predicted octanol–water partition coefficient (Wildman–Crippen LogP) is 3.94. The Morgan fingerprint density at radius 1 is 1.27 bits per heavy atom. The second-order valence-corrected chi connectivity index (χ2v) is 6.35. The molecular formula is C19H20F3N3O. The molecule has 138 valence electrons.